The summed E-state index contributed by atoms with van der Waals surface area (Å²) in [7, 11) is -4.00. The molecule has 2 aromatic rings. The summed E-state index contributed by atoms with van der Waals surface area (Å²) in [5.74, 6) is -0.877. The minimum atomic E-state index is -4.00. The van der Waals surface area contributed by atoms with Gasteiger partial charge in [0, 0.05) is 24.9 Å². The van der Waals surface area contributed by atoms with Crippen molar-refractivity contribution in [1.82, 2.24) is 4.31 Å². The Hall–Kier alpha value is -2.49. The summed E-state index contributed by atoms with van der Waals surface area (Å²) in [5, 5.41) is 2.51. The largest absolute Gasteiger partial charge is 0.465 e. The van der Waals surface area contributed by atoms with E-state index in [1.807, 2.05) is 0 Å². The molecule has 7 nitrogen and oxygen atoms in total. The van der Waals surface area contributed by atoms with Crippen molar-refractivity contribution in [3.8, 4) is 0 Å². The minimum absolute atomic E-state index is 0.157. The molecule has 2 heterocycles. The number of benzene rings is 1. The molecule has 1 aliphatic heterocycles. The molecular weight excluding hydrogens is 363 g/mol. The lowest BCUT2D eigenvalue weighted by atomic mass is 10.3. The van der Waals surface area contributed by atoms with Crippen LogP contribution in [0.15, 0.2) is 52.0 Å². The molecule has 0 radical (unpaired) electrons. The molecular formula is C17H17FN2O5S. The molecule has 0 aliphatic carbocycles. The summed E-state index contributed by atoms with van der Waals surface area (Å²) < 4.78 is 50.7. The number of carbonyl (C=O) groups is 1. The maximum absolute atomic E-state index is 14.1. The molecule has 0 spiro atoms. The molecule has 0 bridgehead atoms. The second-order valence-electron chi connectivity index (χ2n) is 5.50. The van der Waals surface area contributed by atoms with Crippen molar-refractivity contribution in [3.05, 3.63) is 54.2 Å². The van der Waals surface area contributed by atoms with Crippen molar-refractivity contribution in [1.29, 1.82) is 0 Å². The fourth-order valence-electron chi connectivity index (χ4n) is 2.43. The number of ether oxygens (including phenoxy) is 1. The first-order valence-electron chi connectivity index (χ1n) is 7.87. The van der Waals surface area contributed by atoms with Crippen LogP contribution < -0.4 is 5.32 Å². The Kier molecular flexibility index (Phi) is 5.50. The van der Waals surface area contributed by atoms with E-state index in [2.05, 4.69) is 5.32 Å². The zero-order valence-corrected chi connectivity index (χ0v) is 14.5. The molecule has 1 fully saturated rings. The van der Waals surface area contributed by atoms with Crippen molar-refractivity contribution in [2.24, 2.45) is 0 Å². The molecule has 1 saturated heterocycles. The standard InChI is InChI=1S/C17H17FN2O5S/c18-15-5-3-13(19-17(21)6-4-14-2-1-9-25-14)12-16(15)26(22,23)20-7-10-24-11-8-20/h1-6,9,12H,7-8,10-11H2,(H,19,21)/b6-4+. The van der Waals surface area contributed by atoms with Crippen LogP contribution in [0.4, 0.5) is 10.1 Å². The van der Waals surface area contributed by atoms with Crippen molar-refractivity contribution >= 4 is 27.7 Å². The zero-order valence-electron chi connectivity index (χ0n) is 13.7. The lowest BCUT2D eigenvalue weighted by molar-refractivity contribution is -0.111. The van der Waals surface area contributed by atoms with E-state index >= 15 is 0 Å². The van der Waals surface area contributed by atoms with E-state index in [4.69, 9.17) is 9.15 Å². The Labute approximate surface area is 150 Å². The molecule has 0 unspecified atom stereocenters. The van der Waals surface area contributed by atoms with Gasteiger partial charge in [-0.2, -0.15) is 4.31 Å². The fourth-order valence-corrected chi connectivity index (χ4v) is 3.93. The topological polar surface area (TPSA) is 88.8 Å². The van der Waals surface area contributed by atoms with Crippen molar-refractivity contribution in [2.45, 2.75) is 4.90 Å². The van der Waals surface area contributed by atoms with Crippen LogP contribution in [-0.4, -0.2) is 44.9 Å². The zero-order chi connectivity index (χ0) is 18.6. The number of hydrogen-bond acceptors (Lipinski definition) is 5. The number of rotatable bonds is 5. The normalized spacial score (nSPS) is 16.0. The van der Waals surface area contributed by atoms with Crippen molar-refractivity contribution in [3.63, 3.8) is 0 Å². The average Bonchev–Trinajstić information content (AvgIpc) is 3.16. The van der Waals surface area contributed by atoms with E-state index in [1.54, 1.807) is 12.1 Å². The minimum Gasteiger partial charge on any atom is -0.465 e. The molecule has 26 heavy (non-hydrogen) atoms. The highest BCUT2D eigenvalue weighted by Crippen LogP contribution is 2.24. The summed E-state index contributed by atoms with van der Waals surface area (Å²) in [5.41, 5.74) is 0.173. The first-order valence-corrected chi connectivity index (χ1v) is 9.31. The number of sulfonamides is 1. The van der Waals surface area contributed by atoms with Gasteiger partial charge in [-0.1, -0.05) is 0 Å². The fraction of sp³-hybridized carbons (Fsp3) is 0.235. The summed E-state index contributed by atoms with van der Waals surface area (Å²) in [6, 6.07) is 6.78. The van der Waals surface area contributed by atoms with E-state index in [9.17, 15) is 17.6 Å². The van der Waals surface area contributed by atoms with E-state index in [0.29, 0.717) is 5.76 Å². The number of hydrogen-bond donors (Lipinski definition) is 1. The Morgan fingerprint density at radius 3 is 2.69 bits per heavy atom. The van der Waals surface area contributed by atoms with Gasteiger partial charge in [0.25, 0.3) is 0 Å². The third kappa shape index (κ3) is 4.18. The van der Waals surface area contributed by atoms with E-state index in [1.165, 1.54) is 24.5 Å². The molecule has 1 amide bonds. The number of morpholine rings is 1. The smallest absolute Gasteiger partial charge is 0.248 e. The molecule has 9 heteroatoms. The Bertz CT molecular complexity index is 903. The summed E-state index contributed by atoms with van der Waals surface area (Å²) in [6.45, 7) is 0.832. The van der Waals surface area contributed by atoms with Crippen LogP contribution >= 0.6 is 0 Å². The van der Waals surface area contributed by atoms with Gasteiger partial charge in [-0.05, 0) is 36.4 Å². The number of furan rings is 1. The van der Waals surface area contributed by atoms with Gasteiger partial charge in [0.15, 0.2) is 0 Å². The third-order valence-electron chi connectivity index (χ3n) is 3.73. The number of nitrogens with one attached hydrogen (secondary N) is 1. The summed E-state index contributed by atoms with van der Waals surface area (Å²) >= 11 is 0. The maximum atomic E-state index is 14.1. The monoisotopic (exact) mass is 380 g/mol. The molecule has 1 N–H and O–H groups in total. The highest BCUT2D eigenvalue weighted by molar-refractivity contribution is 7.89. The Balaban J connectivity index is 1.78. The van der Waals surface area contributed by atoms with E-state index in [-0.39, 0.29) is 32.0 Å². The highest BCUT2D eigenvalue weighted by atomic mass is 32.2. The van der Waals surface area contributed by atoms with Crippen molar-refractivity contribution < 1.29 is 26.8 Å². The molecule has 0 saturated carbocycles. The summed E-state index contributed by atoms with van der Waals surface area (Å²) in [4.78, 5) is 11.5. The molecule has 138 valence electrons. The van der Waals surface area contributed by atoms with E-state index < -0.39 is 26.6 Å². The van der Waals surface area contributed by atoms with Gasteiger partial charge in [-0.25, -0.2) is 12.8 Å². The van der Waals surface area contributed by atoms with Crippen molar-refractivity contribution in [2.75, 3.05) is 31.6 Å². The lowest BCUT2D eigenvalue weighted by Crippen LogP contribution is -2.40. The van der Waals surface area contributed by atoms with Crippen LogP contribution in [0.2, 0.25) is 0 Å². The van der Waals surface area contributed by atoms with Gasteiger partial charge >= 0.3 is 0 Å². The van der Waals surface area contributed by atoms with Gasteiger partial charge < -0.3 is 14.5 Å². The maximum Gasteiger partial charge on any atom is 0.248 e. The molecule has 0 atom stereocenters. The number of halogens is 1. The van der Waals surface area contributed by atoms with Crippen LogP contribution in [0.25, 0.3) is 6.08 Å². The number of nitrogens with zero attached hydrogens (tertiary/aromatic N) is 1. The second-order valence-corrected chi connectivity index (χ2v) is 7.41. The Morgan fingerprint density at radius 2 is 2.00 bits per heavy atom. The second kappa shape index (κ2) is 7.81. The molecule has 1 aromatic heterocycles. The third-order valence-corrected chi connectivity index (χ3v) is 5.64. The first kappa shape index (κ1) is 18.3. The van der Waals surface area contributed by atoms with Crippen LogP contribution in [0.1, 0.15) is 5.76 Å². The van der Waals surface area contributed by atoms with Crippen LogP contribution in [-0.2, 0) is 19.6 Å². The predicted octanol–water partition coefficient (Wildman–Crippen LogP) is 2.09. The average molecular weight is 380 g/mol. The van der Waals surface area contributed by atoms with Gasteiger partial charge in [0.05, 0.1) is 19.5 Å². The predicted molar refractivity (Wildman–Crippen MR) is 92.3 cm³/mol. The Morgan fingerprint density at radius 1 is 1.23 bits per heavy atom. The SMILES string of the molecule is O=C(/C=C/c1ccco1)Nc1ccc(F)c(S(=O)(=O)N2CCOCC2)c1. The quantitative estimate of drug-likeness (QED) is 0.803. The van der Waals surface area contributed by atoms with Gasteiger partial charge in [0.2, 0.25) is 15.9 Å². The van der Waals surface area contributed by atoms with Gasteiger partial charge in [-0.3, -0.25) is 4.79 Å². The number of carbonyl (C=O) groups excluding carboxylic acids is 1. The molecule has 1 aromatic carbocycles. The van der Waals surface area contributed by atoms with E-state index in [0.717, 1.165) is 16.4 Å². The van der Waals surface area contributed by atoms with Gasteiger partial charge in [-0.15, -0.1) is 0 Å². The molecule has 3 rings (SSSR count). The molecule has 1 aliphatic rings. The lowest BCUT2D eigenvalue weighted by Gasteiger charge is -2.26. The number of anilines is 1. The first-order chi connectivity index (χ1) is 12.5. The van der Waals surface area contributed by atoms with Gasteiger partial charge in [0.1, 0.15) is 16.5 Å². The number of amides is 1. The summed E-state index contributed by atoms with van der Waals surface area (Å²) in [6.07, 6.45) is 4.17. The highest BCUT2D eigenvalue weighted by Gasteiger charge is 2.29. The van der Waals surface area contributed by atoms with Crippen LogP contribution in [0.3, 0.4) is 0 Å². The van der Waals surface area contributed by atoms with Crippen LogP contribution in [0.5, 0.6) is 0 Å². The van der Waals surface area contributed by atoms with Crippen LogP contribution in [0, 0.1) is 5.82 Å².